The van der Waals surface area contributed by atoms with Crippen LogP contribution in [0.1, 0.15) is 30.9 Å². The highest BCUT2D eigenvalue weighted by atomic mass is 16.5. The Morgan fingerprint density at radius 3 is 2.58 bits per heavy atom. The van der Waals surface area contributed by atoms with Crippen LogP contribution in [0.2, 0.25) is 0 Å². The third kappa shape index (κ3) is 5.08. The smallest absolute Gasteiger partial charge is 0.315 e. The SMILES string of the molecule is CCOc1cc(CNC(=O)NCc2ccc(N3CCCC3)nc2)ccn1. The van der Waals surface area contributed by atoms with Crippen LogP contribution in [-0.2, 0) is 13.1 Å². The predicted molar refractivity (Wildman–Crippen MR) is 100 cm³/mol. The summed E-state index contributed by atoms with van der Waals surface area (Å²) in [5.74, 6) is 1.58. The van der Waals surface area contributed by atoms with Gasteiger partial charge in [0.2, 0.25) is 5.88 Å². The second-order valence-electron chi connectivity index (χ2n) is 6.19. The number of rotatable bonds is 7. The molecule has 0 unspecified atom stereocenters. The summed E-state index contributed by atoms with van der Waals surface area (Å²) >= 11 is 0. The van der Waals surface area contributed by atoms with Gasteiger partial charge < -0.3 is 20.3 Å². The molecule has 2 N–H and O–H groups in total. The lowest BCUT2D eigenvalue weighted by atomic mass is 10.2. The maximum absolute atomic E-state index is 12.0. The van der Waals surface area contributed by atoms with Crippen LogP contribution >= 0.6 is 0 Å². The largest absolute Gasteiger partial charge is 0.478 e. The quantitative estimate of drug-likeness (QED) is 0.798. The van der Waals surface area contributed by atoms with E-state index in [4.69, 9.17) is 4.74 Å². The molecule has 26 heavy (non-hydrogen) atoms. The average Bonchev–Trinajstić information content (AvgIpc) is 3.20. The fourth-order valence-corrected chi connectivity index (χ4v) is 2.87. The maximum Gasteiger partial charge on any atom is 0.315 e. The van der Waals surface area contributed by atoms with Crippen molar-refractivity contribution in [3.8, 4) is 5.88 Å². The Balaban J connectivity index is 1.43. The minimum atomic E-state index is -0.219. The van der Waals surface area contributed by atoms with Crippen molar-refractivity contribution in [3.05, 3.63) is 47.8 Å². The number of nitrogens with one attached hydrogen (secondary N) is 2. The van der Waals surface area contributed by atoms with Gasteiger partial charge in [-0.3, -0.25) is 0 Å². The molecule has 2 aromatic heterocycles. The number of urea groups is 1. The molecular formula is C19H25N5O2. The highest BCUT2D eigenvalue weighted by Crippen LogP contribution is 2.17. The minimum absolute atomic E-state index is 0.219. The van der Waals surface area contributed by atoms with E-state index in [1.807, 2.05) is 37.4 Å². The molecule has 7 heteroatoms. The lowest BCUT2D eigenvalue weighted by Crippen LogP contribution is -2.34. The number of anilines is 1. The average molecular weight is 355 g/mol. The van der Waals surface area contributed by atoms with Crippen LogP contribution in [0.5, 0.6) is 5.88 Å². The Kier molecular flexibility index (Phi) is 6.24. The van der Waals surface area contributed by atoms with Crippen molar-refractivity contribution < 1.29 is 9.53 Å². The van der Waals surface area contributed by atoms with E-state index in [-0.39, 0.29) is 6.03 Å². The molecule has 0 aromatic carbocycles. The van der Waals surface area contributed by atoms with Crippen molar-refractivity contribution in [1.29, 1.82) is 0 Å². The Bertz CT molecular complexity index is 714. The molecule has 0 radical (unpaired) electrons. The first-order valence-electron chi connectivity index (χ1n) is 9.04. The lowest BCUT2D eigenvalue weighted by Gasteiger charge is -2.16. The van der Waals surface area contributed by atoms with Crippen LogP contribution in [0.15, 0.2) is 36.7 Å². The zero-order chi connectivity index (χ0) is 18.2. The van der Waals surface area contributed by atoms with Gasteiger partial charge in [-0.15, -0.1) is 0 Å². The van der Waals surface area contributed by atoms with Crippen molar-refractivity contribution in [2.24, 2.45) is 0 Å². The standard InChI is InChI=1S/C19H25N5O2/c1-2-26-18-11-15(7-8-20-18)12-22-19(25)23-14-16-5-6-17(21-13-16)24-9-3-4-10-24/h5-8,11,13H,2-4,9-10,12,14H2,1H3,(H2,22,23,25). The van der Waals surface area contributed by atoms with Crippen LogP contribution in [0.25, 0.3) is 0 Å². The normalized spacial score (nSPS) is 13.5. The van der Waals surface area contributed by atoms with Crippen LogP contribution in [0, 0.1) is 0 Å². The summed E-state index contributed by atoms with van der Waals surface area (Å²) < 4.78 is 5.36. The second kappa shape index (κ2) is 9.03. The number of amides is 2. The summed E-state index contributed by atoms with van der Waals surface area (Å²) in [6.07, 6.45) is 5.96. The molecule has 2 amide bonds. The number of carbonyl (C=O) groups excluding carboxylic acids is 1. The molecule has 138 valence electrons. The first-order chi connectivity index (χ1) is 12.7. The number of nitrogens with zero attached hydrogens (tertiary/aromatic N) is 3. The molecule has 0 aliphatic carbocycles. The summed E-state index contributed by atoms with van der Waals surface area (Å²) in [5, 5.41) is 5.68. The fourth-order valence-electron chi connectivity index (χ4n) is 2.87. The van der Waals surface area contributed by atoms with Gasteiger partial charge in [0.15, 0.2) is 0 Å². The van der Waals surface area contributed by atoms with Crippen molar-refractivity contribution in [3.63, 3.8) is 0 Å². The van der Waals surface area contributed by atoms with Gasteiger partial charge in [0.1, 0.15) is 5.82 Å². The van der Waals surface area contributed by atoms with E-state index in [0.29, 0.717) is 25.6 Å². The number of hydrogen-bond donors (Lipinski definition) is 2. The zero-order valence-electron chi connectivity index (χ0n) is 15.1. The van der Waals surface area contributed by atoms with Gasteiger partial charge in [0, 0.05) is 44.6 Å². The zero-order valence-corrected chi connectivity index (χ0v) is 15.1. The molecular weight excluding hydrogens is 330 g/mol. The van der Waals surface area contributed by atoms with Gasteiger partial charge in [-0.05, 0) is 43.0 Å². The van der Waals surface area contributed by atoms with E-state index in [1.165, 1.54) is 12.8 Å². The topological polar surface area (TPSA) is 79.4 Å². The minimum Gasteiger partial charge on any atom is -0.478 e. The number of carbonyl (C=O) groups is 1. The van der Waals surface area contributed by atoms with Crippen LogP contribution in [0.4, 0.5) is 10.6 Å². The van der Waals surface area contributed by atoms with E-state index in [1.54, 1.807) is 6.20 Å². The molecule has 1 aliphatic rings. The third-order valence-corrected chi connectivity index (χ3v) is 4.24. The number of aromatic nitrogens is 2. The molecule has 0 saturated carbocycles. The summed E-state index contributed by atoms with van der Waals surface area (Å²) in [4.78, 5) is 22.9. The summed E-state index contributed by atoms with van der Waals surface area (Å²) in [6, 6.07) is 7.49. The molecule has 3 rings (SSSR count). The van der Waals surface area contributed by atoms with Gasteiger partial charge in [-0.1, -0.05) is 6.07 Å². The Labute approximate surface area is 153 Å². The van der Waals surface area contributed by atoms with Crippen molar-refractivity contribution in [2.45, 2.75) is 32.9 Å². The number of pyridine rings is 2. The van der Waals surface area contributed by atoms with Crippen molar-refractivity contribution in [1.82, 2.24) is 20.6 Å². The Morgan fingerprint density at radius 2 is 1.88 bits per heavy atom. The molecule has 1 saturated heterocycles. The maximum atomic E-state index is 12.0. The van der Waals surface area contributed by atoms with Crippen LogP contribution < -0.4 is 20.3 Å². The number of hydrogen-bond acceptors (Lipinski definition) is 5. The first kappa shape index (κ1) is 18.0. The molecule has 1 fully saturated rings. The summed E-state index contributed by atoms with van der Waals surface area (Å²) in [5.41, 5.74) is 1.92. The molecule has 3 heterocycles. The van der Waals surface area contributed by atoms with Crippen LogP contribution in [-0.4, -0.2) is 35.7 Å². The third-order valence-electron chi connectivity index (χ3n) is 4.24. The lowest BCUT2D eigenvalue weighted by molar-refractivity contribution is 0.240. The highest BCUT2D eigenvalue weighted by Gasteiger charge is 2.13. The molecule has 2 aromatic rings. The number of ether oxygens (including phenoxy) is 1. The second-order valence-corrected chi connectivity index (χ2v) is 6.19. The molecule has 7 nitrogen and oxygen atoms in total. The summed E-state index contributed by atoms with van der Waals surface area (Å²) in [7, 11) is 0. The monoisotopic (exact) mass is 355 g/mol. The van der Waals surface area contributed by atoms with E-state index < -0.39 is 0 Å². The Hall–Kier alpha value is -2.83. The highest BCUT2D eigenvalue weighted by molar-refractivity contribution is 5.73. The van der Waals surface area contributed by atoms with Crippen molar-refractivity contribution in [2.75, 3.05) is 24.6 Å². The predicted octanol–water partition coefficient (Wildman–Crippen LogP) is 2.47. The van der Waals surface area contributed by atoms with Crippen LogP contribution in [0.3, 0.4) is 0 Å². The molecule has 0 bridgehead atoms. The van der Waals surface area contributed by atoms with Gasteiger partial charge in [0.05, 0.1) is 6.61 Å². The van der Waals surface area contributed by atoms with Gasteiger partial charge in [0.25, 0.3) is 0 Å². The van der Waals surface area contributed by atoms with E-state index in [0.717, 1.165) is 30.0 Å². The first-order valence-corrected chi connectivity index (χ1v) is 9.04. The van der Waals surface area contributed by atoms with E-state index in [9.17, 15) is 4.79 Å². The molecule has 1 aliphatic heterocycles. The summed E-state index contributed by atoms with van der Waals surface area (Å²) in [6.45, 7) is 5.49. The van der Waals surface area contributed by atoms with E-state index >= 15 is 0 Å². The van der Waals surface area contributed by atoms with Gasteiger partial charge >= 0.3 is 6.03 Å². The Morgan fingerprint density at radius 1 is 1.12 bits per heavy atom. The molecule has 0 atom stereocenters. The van der Waals surface area contributed by atoms with Gasteiger partial charge in [-0.2, -0.15) is 0 Å². The molecule has 0 spiro atoms. The van der Waals surface area contributed by atoms with Crippen molar-refractivity contribution >= 4 is 11.8 Å². The van der Waals surface area contributed by atoms with E-state index in [2.05, 4.69) is 25.5 Å². The van der Waals surface area contributed by atoms with Gasteiger partial charge in [-0.25, -0.2) is 14.8 Å². The fraction of sp³-hybridized carbons (Fsp3) is 0.421.